The molecule has 3 heteroatoms. The Labute approximate surface area is 114 Å². The number of nitriles is 1. The second-order valence-electron chi connectivity index (χ2n) is 5.83. The van der Waals surface area contributed by atoms with Gasteiger partial charge in [-0.1, -0.05) is 31.4 Å². The largest absolute Gasteiger partial charge is 0.477 e. The Hall–Kier alpha value is -1.69. The van der Waals surface area contributed by atoms with E-state index in [4.69, 9.17) is 10.00 Å². The molecule has 0 unspecified atom stereocenters. The fraction of sp³-hybridized carbons (Fsp3) is 0.562. The van der Waals surface area contributed by atoms with Crippen LogP contribution in [-0.4, -0.2) is 19.7 Å². The van der Waals surface area contributed by atoms with Crippen LogP contribution >= 0.6 is 0 Å². The van der Waals surface area contributed by atoms with Crippen LogP contribution in [-0.2, 0) is 0 Å². The van der Waals surface area contributed by atoms with Crippen LogP contribution < -0.4 is 9.64 Å². The maximum absolute atomic E-state index is 8.64. The second-order valence-corrected chi connectivity index (χ2v) is 5.83. The molecule has 0 atom stereocenters. The van der Waals surface area contributed by atoms with E-state index in [1.54, 1.807) is 0 Å². The number of anilines is 1. The van der Waals surface area contributed by atoms with Crippen molar-refractivity contribution in [3.63, 3.8) is 0 Å². The molecule has 1 heterocycles. The van der Waals surface area contributed by atoms with Gasteiger partial charge in [0.25, 0.3) is 0 Å². The van der Waals surface area contributed by atoms with Gasteiger partial charge in [0.15, 0.2) is 6.61 Å². The molecule has 3 rings (SSSR count). The monoisotopic (exact) mass is 256 g/mol. The molecule has 0 aromatic heterocycles. The van der Waals surface area contributed by atoms with Gasteiger partial charge in [-0.15, -0.1) is 0 Å². The number of para-hydroxylation sites is 2. The first kappa shape index (κ1) is 12.3. The molecule has 0 amide bonds. The first-order valence-corrected chi connectivity index (χ1v) is 7.17. The summed E-state index contributed by atoms with van der Waals surface area (Å²) in [5, 5.41) is 8.64. The third-order valence-corrected chi connectivity index (χ3v) is 4.46. The highest BCUT2D eigenvalue weighted by atomic mass is 16.5. The third-order valence-electron chi connectivity index (χ3n) is 4.46. The molecule has 1 aromatic rings. The number of nitrogens with zero attached hydrogens (tertiary/aromatic N) is 2. The molecule has 1 saturated carbocycles. The van der Waals surface area contributed by atoms with Crippen LogP contribution in [0.25, 0.3) is 0 Å². The quantitative estimate of drug-likeness (QED) is 0.832. The Morgan fingerprint density at radius 2 is 1.89 bits per heavy atom. The van der Waals surface area contributed by atoms with Gasteiger partial charge >= 0.3 is 0 Å². The van der Waals surface area contributed by atoms with E-state index in [2.05, 4.69) is 11.0 Å². The van der Waals surface area contributed by atoms with Crippen molar-refractivity contribution >= 4 is 5.69 Å². The maximum atomic E-state index is 8.64. The van der Waals surface area contributed by atoms with Gasteiger partial charge in [0, 0.05) is 18.5 Å². The van der Waals surface area contributed by atoms with Crippen LogP contribution in [0.4, 0.5) is 5.69 Å². The molecule has 1 aliphatic carbocycles. The minimum Gasteiger partial charge on any atom is -0.477 e. The lowest BCUT2D eigenvalue weighted by molar-refractivity contribution is 0.138. The summed E-state index contributed by atoms with van der Waals surface area (Å²) in [5.74, 6) is 0.842. The predicted molar refractivity (Wildman–Crippen MR) is 75.3 cm³/mol. The van der Waals surface area contributed by atoms with Crippen LogP contribution in [0.1, 0.15) is 32.1 Å². The van der Waals surface area contributed by atoms with Crippen LogP contribution in [0.5, 0.6) is 5.75 Å². The van der Waals surface area contributed by atoms with Gasteiger partial charge in [0.05, 0.1) is 5.69 Å². The van der Waals surface area contributed by atoms with Gasteiger partial charge in [-0.25, -0.2) is 0 Å². The average molecular weight is 256 g/mol. The molecule has 0 N–H and O–H groups in total. The van der Waals surface area contributed by atoms with Gasteiger partial charge in [-0.3, -0.25) is 0 Å². The lowest BCUT2D eigenvalue weighted by Gasteiger charge is -2.53. The van der Waals surface area contributed by atoms with Gasteiger partial charge in [-0.05, 0) is 25.0 Å². The Bertz CT molecular complexity index is 478. The van der Waals surface area contributed by atoms with Gasteiger partial charge in [0.1, 0.15) is 11.8 Å². The standard InChI is InChI=1S/C16H20N2O/c17-10-11-19-15-7-3-2-6-14(15)18-12-16(13-18)8-4-1-5-9-16/h2-3,6-7H,1,4-5,8-9,11-13H2. The number of hydrogen-bond acceptors (Lipinski definition) is 3. The van der Waals surface area contributed by atoms with E-state index in [1.807, 2.05) is 24.3 Å². The van der Waals surface area contributed by atoms with Crippen molar-refractivity contribution in [2.75, 3.05) is 24.6 Å². The lowest BCUT2D eigenvalue weighted by Crippen LogP contribution is -2.57. The molecule has 2 fully saturated rings. The lowest BCUT2D eigenvalue weighted by atomic mass is 9.68. The predicted octanol–water partition coefficient (Wildman–Crippen LogP) is 3.36. The maximum Gasteiger partial charge on any atom is 0.174 e. The molecule has 19 heavy (non-hydrogen) atoms. The number of ether oxygens (including phenoxy) is 1. The molecule has 0 bridgehead atoms. The van der Waals surface area contributed by atoms with E-state index < -0.39 is 0 Å². The third kappa shape index (κ3) is 2.40. The molecular weight excluding hydrogens is 236 g/mol. The molecule has 2 aliphatic rings. The molecule has 1 spiro atoms. The molecule has 3 nitrogen and oxygen atoms in total. The van der Waals surface area contributed by atoms with E-state index in [0.29, 0.717) is 5.41 Å². The second kappa shape index (κ2) is 5.13. The first-order chi connectivity index (χ1) is 9.33. The Morgan fingerprint density at radius 1 is 1.16 bits per heavy atom. The average Bonchev–Trinajstić information content (AvgIpc) is 2.44. The normalized spacial score (nSPS) is 20.7. The molecule has 1 aliphatic heterocycles. The highest BCUT2D eigenvalue weighted by Crippen LogP contribution is 2.47. The van der Waals surface area contributed by atoms with E-state index >= 15 is 0 Å². The Morgan fingerprint density at radius 3 is 2.63 bits per heavy atom. The fourth-order valence-corrected chi connectivity index (χ4v) is 3.50. The van der Waals surface area contributed by atoms with Crippen molar-refractivity contribution in [3.05, 3.63) is 24.3 Å². The van der Waals surface area contributed by atoms with E-state index in [9.17, 15) is 0 Å². The zero-order valence-electron chi connectivity index (χ0n) is 11.3. The van der Waals surface area contributed by atoms with Crippen LogP contribution in [0.3, 0.4) is 0 Å². The van der Waals surface area contributed by atoms with Crippen molar-refractivity contribution in [1.29, 1.82) is 5.26 Å². The summed E-state index contributed by atoms with van der Waals surface area (Å²) >= 11 is 0. The Balaban J connectivity index is 1.69. The molecule has 1 saturated heterocycles. The van der Waals surface area contributed by atoms with Crippen molar-refractivity contribution in [2.45, 2.75) is 32.1 Å². The van der Waals surface area contributed by atoms with Crippen LogP contribution in [0.2, 0.25) is 0 Å². The fourth-order valence-electron chi connectivity index (χ4n) is 3.50. The Kier molecular flexibility index (Phi) is 3.33. The summed E-state index contributed by atoms with van der Waals surface area (Å²) in [5.41, 5.74) is 1.72. The minimum atomic E-state index is 0.121. The van der Waals surface area contributed by atoms with Crippen LogP contribution in [0.15, 0.2) is 24.3 Å². The SMILES string of the molecule is N#CCOc1ccccc1N1CC2(CCCCC2)C1. The summed E-state index contributed by atoms with van der Waals surface area (Å²) in [6.45, 7) is 2.43. The molecular formula is C16H20N2O. The zero-order chi connectivity index (χ0) is 13.1. The van der Waals surface area contributed by atoms with E-state index in [-0.39, 0.29) is 6.61 Å². The molecule has 100 valence electrons. The summed E-state index contributed by atoms with van der Waals surface area (Å²) in [6, 6.07) is 10.1. The molecule has 1 aromatic carbocycles. The zero-order valence-corrected chi connectivity index (χ0v) is 11.3. The summed E-state index contributed by atoms with van der Waals surface area (Å²) < 4.78 is 5.52. The summed E-state index contributed by atoms with van der Waals surface area (Å²) in [7, 11) is 0. The number of rotatable bonds is 3. The summed E-state index contributed by atoms with van der Waals surface area (Å²) in [4.78, 5) is 2.40. The number of hydrogen-bond donors (Lipinski definition) is 0. The topological polar surface area (TPSA) is 36.3 Å². The number of benzene rings is 1. The summed E-state index contributed by atoms with van der Waals surface area (Å²) in [6.07, 6.45) is 6.94. The van der Waals surface area contributed by atoms with Crippen molar-refractivity contribution in [2.24, 2.45) is 5.41 Å². The van der Waals surface area contributed by atoms with Crippen molar-refractivity contribution in [3.8, 4) is 11.8 Å². The highest BCUT2D eigenvalue weighted by molar-refractivity contribution is 5.60. The first-order valence-electron chi connectivity index (χ1n) is 7.17. The van der Waals surface area contributed by atoms with E-state index in [0.717, 1.165) is 24.5 Å². The van der Waals surface area contributed by atoms with Crippen LogP contribution in [0, 0.1) is 16.7 Å². The smallest absolute Gasteiger partial charge is 0.174 e. The minimum absolute atomic E-state index is 0.121. The van der Waals surface area contributed by atoms with Crippen molar-refractivity contribution in [1.82, 2.24) is 0 Å². The molecule has 0 radical (unpaired) electrons. The van der Waals surface area contributed by atoms with Gasteiger partial charge in [-0.2, -0.15) is 5.26 Å². The van der Waals surface area contributed by atoms with E-state index in [1.165, 1.54) is 32.1 Å². The van der Waals surface area contributed by atoms with Gasteiger partial charge in [0.2, 0.25) is 0 Å². The highest BCUT2D eigenvalue weighted by Gasteiger charge is 2.43. The van der Waals surface area contributed by atoms with Gasteiger partial charge < -0.3 is 9.64 Å². The van der Waals surface area contributed by atoms with Crippen molar-refractivity contribution < 1.29 is 4.74 Å².